The van der Waals surface area contributed by atoms with Crippen molar-refractivity contribution in [1.82, 2.24) is 0 Å². The first-order valence-corrected chi connectivity index (χ1v) is 8.87. The largest absolute Gasteiger partial charge is 0.443 e. The van der Waals surface area contributed by atoms with E-state index < -0.39 is 12.1 Å². The van der Waals surface area contributed by atoms with Crippen LogP contribution in [0.2, 0.25) is 0 Å². The zero-order chi connectivity index (χ0) is 18.7. The third-order valence-electron chi connectivity index (χ3n) is 3.95. The van der Waals surface area contributed by atoms with Crippen molar-refractivity contribution >= 4 is 27.7 Å². The number of hydrogen-bond acceptors (Lipinski definition) is 4. The van der Waals surface area contributed by atoms with Gasteiger partial charge in [0.1, 0.15) is 0 Å². The summed E-state index contributed by atoms with van der Waals surface area (Å²) in [6.45, 7) is 3.90. The predicted molar refractivity (Wildman–Crippen MR) is 101 cm³/mol. The molecule has 2 aromatic carbocycles. The molecule has 0 aliphatic rings. The van der Waals surface area contributed by atoms with E-state index in [1.54, 1.807) is 30.3 Å². The van der Waals surface area contributed by atoms with Crippen molar-refractivity contribution in [3.63, 3.8) is 0 Å². The van der Waals surface area contributed by atoms with Gasteiger partial charge in [-0.3, -0.25) is 4.79 Å². The maximum Gasteiger partial charge on any atom is 0.375 e. The normalized spacial score (nSPS) is 11.8. The molecule has 0 aliphatic heterocycles. The average molecular weight is 413 g/mol. The quantitative estimate of drug-likeness (QED) is 0.413. The van der Waals surface area contributed by atoms with Crippen molar-refractivity contribution in [3.05, 3.63) is 93.3 Å². The van der Waals surface area contributed by atoms with Crippen molar-refractivity contribution in [3.8, 4) is 0 Å². The molecule has 3 rings (SSSR count). The SMILES string of the molecule is Cc1ccc(C(=O)[C@H](OC(=O)c2ccc(Br)o2)c2ccc(C)cc2)cc1. The van der Waals surface area contributed by atoms with Crippen LogP contribution in [0.5, 0.6) is 0 Å². The van der Waals surface area contributed by atoms with Crippen LogP contribution >= 0.6 is 15.9 Å². The second-order valence-corrected chi connectivity index (χ2v) is 6.81. The molecular formula is C21H17BrO4. The van der Waals surface area contributed by atoms with Crippen LogP contribution < -0.4 is 0 Å². The molecular weight excluding hydrogens is 396 g/mol. The van der Waals surface area contributed by atoms with E-state index in [0.29, 0.717) is 15.8 Å². The molecule has 0 unspecified atom stereocenters. The Balaban J connectivity index is 1.93. The summed E-state index contributed by atoms with van der Waals surface area (Å²) in [5, 5.41) is 0. The first kappa shape index (κ1) is 18.1. The van der Waals surface area contributed by atoms with Crippen LogP contribution in [0.1, 0.15) is 43.7 Å². The van der Waals surface area contributed by atoms with E-state index >= 15 is 0 Å². The van der Waals surface area contributed by atoms with Gasteiger partial charge in [0, 0.05) is 11.1 Å². The monoisotopic (exact) mass is 412 g/mol. The number of hydrogen-bond donors (Lipinski definition) is 0. The van der Waals surface area contributed by atoms with Crippen molar-refractivity contribution < 1.29 is 18.7 Å². The van der Waals surface area contributed by atoms with Gasteiger partial charge in [-0.25, -0.2) is 4.79 Å². The Morgan fingerprint density at radius 2 is 1.46 bits per heavy atom. The van der Waals surface area contributed by atoms with Crippen LogP contribution in [-0.2, 0) is 4.74 Å². The minimum absolute atomic E-state index is 0.0330. The van der Waals surface area contributed by atoms with E-state index in [9.17, 15) is 9.59 Å². The zero-order valence-corrected chi connectivity index (χ0v) is 15.9. The van der Waals surface area contributed by atoms with E-state index in [1.807, 2.05) is 38.1 Å². The van der Waals surface area contributed by atoms with Crippen LogP contribution in [0.4, 0.5) is 0 Å². The minimum atomic E-state index is -1.05. The van der Waals surface area contributed by atoms with Gasteiger partial charge in [-0.05, 0) is 41.9 Å². The molecule has 0 spiro atoms. The van der Waals surface area contributed by atoms with Crippen LogP contribution in [0.15, 0.2) is 69.8 Å². The topological polar surface area (TPSA) is 56.5 Å². The summed E-state index contributed by atoms with van der Waals surface area (Å²) in [5.41, 5.74) is 3.19. The number of ether oxygens (including phenoxy) is 1. The van der Waals surface area contributed by atoms with Crippen LogP contribution in [-0.4, -0.2) is 11.8 Å². The molecule has 0 N–H and O–H groups in total. The van der Waals surface area contributed by atoms with E-state index in [-0.39, 0.29) is 11.5 Å². The molecule has 1 atom stereocenters. The van der Waals surface area contributed by atoms with Gasteiger partial charge in [-0.15, -0.1) is 0 Å². The fourth-order valence-electron chi connectivity index (χ4n) is 2.47. The van der Waals surface area contributed by atoms with Crippen LogP contribution in [0.25, 0.3) is 0 Å². The highest BCUT2D eigenvalue weighted by Gasteiger charge is 2.28. The Kier molecular flexibility index (Phi) is 5.38. The fraction of sp³-hybridized carbons (Fsp3) is 0.143. The van der Waals surface area contributed by atoms with E-state index in [4.69, 9.17) is 9.15 Å². The second-order valence-electron chi connectivity index (χ2n) is 6.03. The molecule has 0 radical (unpaired) electrons. The number of ketones is 1. The first-order chi connectivity index (χ1) is 12.4. The van der Waals surface area contributed by atoms with Gasteiger partial charge in [-0.1, -0.05) is 59.7 Å². The van der Waals surface area contributed by atoms with Crippen molar-refractivity contribution in [2.45, 2.75) is 20.0 Å². The highest BCUT2D eigenvalue weighted by Crippen LogP contribution is 2.26. The smallest absolute Gasteiger partial charge is 0.375 e. The summed E-state index contributed by atoms with van der Waals surface area (Å²) >= 11 is 3.15. The Bertz CT molecular complexity index is 923. The number of rotatable bonds is 5. The molecule has 26 heavy (non-hydrogen) atoms. The highest BCUT2D eigenvalue weighted by atomic mass is 79.9. The van der Waals surface area contributed by atoms with Gasteiger partial charge in [0.2, 0.25) is 11.5 Å². The third-order valence-corrected chi connectivity index (χ3v) is 4.38. The number of furan rings is 1. The minimum Gasteiger partial charge on any atom is -0.443 e. The average Bonchev–Trinajstić information content (AvgIpc) is 3.07. The molecule has 5 heteroatoms. The van der Waals surface area contributed by atoms with Crippen LogP contribution in [0.3, 0.4) is 0 Å². The fourth-order valence-corrected chi connectivity index (χ4v) is 2.78. The summed E-state index contributed by atoms with van der Waals surface area (Å²) < 4.78 is 11.2. The molecule has 0 amide bonds. The lowest BCUT2D eigenvalue weighted by Gasteiger charge is -2.17. The zero-order valence-electron chi connectivity index (χ0n) is 14.4. The molecule has 132 valence electrons. The van der Waals surface area contributed by atoms with Gasteiger partial charge >= 0.3 is 5.97 Å². The van der Waals surface area contributed by atoms with Gasteiger partial charge in [-0.2, -0.15) is 0 Å². The Hall–Kier alpha value is -2.66. The number of carbonyl (C=O) groups is 2. The summed E-state index contributed by atoms with van der Waals surface area (Å²) in [7, 11) is 0. The van der Waals surface area contributed by atoms with Crippen molar-refractivity contribution in [2.24, 2.45) is 0 Å². The van der Waals surface area contributed by atoms with Crippen molar-refractivity contribution in [2.75, 3.05) is 0 Å². The second kappa shape index (κ2) is 7.70. The van der Waals surface area contributed by atoms with Crippen molar-refractivity contribution in [1.29, 1.82) is 0 Å². The molecule has 1 heterocycles. The third kappa shape index (κ3) is 4.11. The Morgan fingerprint density at radius 3 is 2.00 bits per heavy atom. The lowest BCUT2D eigenvalue weighted by molar-refractivity contribution is 0.0249. The van der Waals surface area contributed by atoms with E-state index in [0.717, 1.165) is 11.1 Å². The lowest BCUT2D eigenvalue weighted by Crippen LogP contribution is -2.20. The van der Waals surface area contributed by atoms with Gasteiger partial charge < -0.3 is 9.15 Å². The molecule has 0 saturated heterocycles. The molecule has 0 saturated carbocycles. The van der Waals surface area contributed by atoms with Gasteiger partial charge in [0.15, 0.2) is 10.8 Å². The maximum absolute atomic E-state index is 13.0. The van der Waals surface area contributed by atoms with Gasteiger partial charge in [0.25, 0.3) is 0 Å². The number of Topliss-reactive ketones (excluding diaryl/α,β-unsaturated/α-hetero) is 1. The maximum atomic E-state index is 13.0. The predicted octanol–water partition coefficient (Wildman–Crippen LogP) is 5.44. The first-order valence-electron chi connectivity index (χ1n) is 8.08. The van der Waals surface area contributed by atoms with Gasteiger partial charge in [0.05, 0.1) is 0 Å². The van der Waals surface area contributed by atoms with Crippen LogP contribution in [0, 0.1) is 13.8 Å². The Morgan fingerprint density at radius 1 is 0.885 bits per heavy atom. The summed E-state index contributed by atoms with van der Waals surface area (Å²) in [4.78, 5) is 25.4. The number of halogens is 1. The summed E-state index contributed by atoms with van der Waals surface area (Å²) in [6.07, 6.45) is -1.05. The molecule has 3 aromatic rings. The number of esters is 1. The number of carbonyl (C=O) groups excluding carboxylic acids is 2. The highest BCUT2D eigenvalue weighted by molar-refractivity contribution is 9.10. The lowest BCUT2D eigenvalue weighted by atomic mass is 9.98. The standard InChI is InChI=1S/C21H17BrO4/c1-13-3-7-15(8-4-13)19(23)20(16-9-5-14(2)6-10-16)26-21(24)17-11-12-18(22)25-17/h3-12,20H,1-2H3/t20-/m1/s1. The summed E-state index contributed by atoms with van der Waals surface area (Å²) in [6, 6.07) is 17.6. The molecule has 0 bridgehead atoms. The molecule has 4 nitrogen and oxygen atoms in total. The molecule has 1 aromatic heterocycles. The number of benzene rings is 2. The number of aryl methyl sites for hydroxylation is 2. The van der Waals surface area contributed by atoms with E-state index in [1.165, 1.54) is 6.07 Å². The summed E-state index contributed by atoms with van der Waals surface area (Å²) in [5.74, 6) is -0.944. The molecule has 0 aliphatic carbocycles. The Labute approximate surface area is 159 Å². The van der Waals surface area contributed by atoms with E-state index in [2.05, 4.69) is 15.9 Å². The molecule has 0 fully saturated rings.